The summed E-state index contributed by atoms with van der Waals surface area (Å²) in [5.41, 5.74) is -0.879. The number of H-pyrrole nitrogens is 1. The number of nitrogens with zero attached hydrogens (tertiary/aromatic N) is 1. The summed E-state index contributed by atoms with van der Waals surface area (Å²) in [6.07, 6.45) is 0.445. The summed E-state index contributed by atoms with van der Waals surface area (Å²) in [4.78, 5) is 25.6. The maximum Gasteiger partial charge on any atom is 0.330 e. The molecule has 1 unspecified atom stereocenters. The molecule has 1 aliphatic heterocycles. The van der Waals surface area contributed by atoms with Crippen molar-refractivity contribution in [3.63, 3.8) is 0 Å². The number of aromatic nitrogens is 2. The van der Waals surface area contributed by atoms with Crippen LogP contribution in [0.25, 0.3) is 6.08 Å². The topological polar surface area (TPSA) is 105 Å². The molecule has 3 N–H and O–H groups in total. The summed E-state index contributed by atoms with van der Waals surface area (Å²) in [6.45, 7) is -0.250. The molecule has 0 radical (unpaired) electrons. The van der Waals surface area contributed by atoms with Gasteiger partial charge in [0.1, 0.15) is 6.10 Å². The van der Waals surface area contributed by atoms with Crippen molar-refractivity contribution in [1.29, 1.82) is 0 Å². The number of aliphatic hydroxyl groups is 2. The quantitative estimate of drug-likeness (QED) is 0.396. The molecule has 0 amide bonds. The maximum absolute atomic E-state index is 11.9. The van der Waals surface area contributed by atoms with Gasteiger partial charge in [-0.3, -0.25) is 14.3 Å². The number of hydrogen-bond donors (Lipinski definition) is 3. The first-order valence-corrected chi connectivity index (χ1v) is 8.19. The van der Waals surface area contributed by atoms with E-state index >= 15 is 0 Å². The summed E-state index contributed by atoms with van der Waals surface area (Å²) >= 11 is 3.93. The summed E-state index contributed by atoms with van der Waals surface area (Å²) in [5, 5.41) is 19.3. The second-order valence-corrected chi connectivity index (χ2v) is 6.38. The molecule has 1 saturated heterocycles. The van der Waals surface area contributed by atoms with Gasteiger partial charge in [0.05, 0.1) is 22.2 Å². The lowest BCUT2D eigenvalue weighted by Crippen LogP contribution is -2.37. The fourth-order valence-electron chi connectivity index (χ4n) is 1.96. The van der Waals surface area contributed by atoms with Gasteiger partial charge in [-0.05, 0) is 10.2 Å². The SMILES string of the molecule is O=c1[nH]c(=O)n([C@@H]2O[C@H](CO)C(I)[C@H]2O)cc1/C=C/I. The van der Waals surface area contributed by atoms with Gasteiger partial charge in [-0.2, -0.15) is 0 Å². The molecule has 1 aromatic heterocycles. The van der Waals surface area contributed by atoms with Crippen molar-refractivity contribution in [3.8, 4) is 0 Å². The van der Waals surface area contributed by atoms with Crippen molar-refractivity contribution in [3.05, 3.63) is 36.7 Å². The molecule has 0 aromatic carbocycles. The Morgan fingerprint density at radius 2 is 2.20 bits per heavy atom. The molecule has 2 heterocycles. The smallest absolute Gasteiger partial charge is 0.330 e. The van der Waals surface area contributed by atoms with Crippen LogP contribution in [0.1, 0.15) is 11.8 Å². The Kier molecular flexibility index (Phi) is 5.39. The van der Waals surface area contributed by atoms with Crippen molar-refractivity contribution >= 4 is 51.3 Å². The molecule has 20 heavy (non-hydrogen) atoms. The van der Waals surface area contributed by atoms with Gasteiger partial charge in [-0.25, -0.2) is 4.79 Å². The Morgan fingerprint density at radius 3 is 2.75 bits per heavy atom. The minimum Gasteiger partial charge on any atom is -0.394 e. The molecule has 9 heteroatoms. The van der Waals surface area contributed by atoms with Gasteiger partial charge >= 0.3 is 5.69 Å². The molecule has 0 aliphatic carbocycles. The molecule has 0 spiro atoms. The van der Waals surface area contributed by atoms with Crippen molar-refractivity contribution in [2.24, 2.45) is 0 Å². The summed E-state index contributed by atoms with van der Waals surface area (Å²) in [7, 11) is 0. The van der Waals surface area contributed by atoms with E-state index in [2.05, 4.69) is 4.98 Å². The van der Waals surface area contributed by atoms with Gasteiger partial charge in [0.2, 0.25) is 0 Å². The van der Waals surface area contributed by atoms with Gasteiger partial charge in [-0.15, -0.1) is 0 Å². The van der Waals surface area contributed by atoms with Gasteiger partial charge in [0, 0.05) is 6.20 Å². The molecule has 1 fully saturated rings. The lowest BCUT2D eigenvalue weighted by atomic mass is 10.2. The third-order valence-corrected chi connectivity index (χ3v) is 4.88. The first kappa shape index (κ1) is 16.1. The van der Waals surface area contributed by atoms with Crippen molar-refractivity contribution in [2.45, 2.75) is 22.4 Å². The van der Waals surface area contributed by atoms with Crippen LogP contribution in [0, 0.1) is 0 Å². The lowest BCUT2D eigenvalue weighted by molar-refractivity contribution is -0.0530. The highest BCUT2D eigenvalue weighted by Crippen LogP contribution is 2.33. The van der Waals surface area contributed by atoms with E-state index in [1.165, 1.54) is 6.20 Å². The van der Waals surface area contributed by atoms with Crippen molar-refractivity contribution in [1.82, 2.24) is 9.55 Å². The summed E-state index contributed by atoms with van der Waals surface area (Å²) in [6, 6.07) is 0. The van der Waals surface area contributed by atoms with Crippen LogP contribution >= 0.6 is 45.2 Å². The lowest BCUT2D eigenvalue weighted by Gasteiger charge is -2.17. The average molecular weight is 506 g/mol. The predicted octanol–water partition coefficient (Wildman–Crippen LogP) is -0.00350. The zero-order chi connectivity index (χ0) is 14.9. The third kappa shape index (κ3) is 3.00. The number of aliphatic hydroxyl groups excluding tert-OH is 2. The number of halogens is 2. The summed E-state index contributed by atoms with van der Waals surface area (Å²) < 4.78 is 7.92. The van der Waals surface area contributed by atoms with E-state index < -0.39 is 29.7 Å². The Balaban J connectivity index is 2.46. The van der Waals surface area contributed by atoms with Crippen LogP contribution in [0.5, 0.6) is 0 Å². The monoisotopic (exact) mass is 506 g/mol. The van der Waals surface area contributed by atoms with Crippen LogP contribution in [-0.2, 0) is 4.74 Å². The van der Waals surface area contributed by atoms with Crippen LogP contribution in [0.4, 0.5) is 0 Å². The van der Waals surface area contributed by atoms with E-state index in [1.54, 1.807) is 10.2 Å². The molecule has 0 bridgehead atoms. The number of hydrogen-bond acceptors (Lipinski definition) is 5. The highest BCUT2D eigenvalue weighted by Gasteiger charge is 2.43. The number of ether oxygens (including phenoxy) is 1. The minimum absolute atomic E-state index is 0.250. The fourth-order valence-corrected chi connectivity index (χ4v) is 3.10. The second-order valence-electron chi connectivity index (χ2n) is 4.23. The zero-order valence-corrected chi connectivity index (χ0v) is 14.4. The first-order chi connectivity index (χ1) is 9.49. The Labute approximate surface area is 140 Å². The van der Waals surface area contributed by atoms with Gasteiger partial charge in [0.15, 0.2) is 6.23 Å². The molecule has 1 aromatic rings. The minimum atomic E-state index is -0.951. The van der Waals surface area contributed by atoms with Crippen LogP contribution in [0.2, 0.25) is 0 Å². The number of alkyl halides is 1. The standard InChI is InChI=1S/C11H12I2N2O5/c12-2-1-5-3-15(11(19)14-9(5)18)10-8(17)7(13)6(4-16)20-10/h1-3,6-8,10,16-17H,4H2,(H,14,18,19)/b2-1+/t6-,7?,8-,10-/m1/s1. The van der Waals surface area contributed by atoms with E-state index in [-0.39, 0.29) is 16.1 Å². The number of nitrogens with one attached hydrogen (secondary N) is 1. The van der Waals surface area contributed by atoms with Crippen LogP contribution in [-0.4, -0.2) is 42.5 Å². The molecule has 0 saturated carbocycles. The van der Waals surface area contributed by atoms with Crippen LogP contribution < -0.4 is 11.2 Å². The fraction of sp³-hybridized carbons (Fsp3) is 0.455. The summed E-state index contributed by atoms with van der Waals surface area (Å²) in [5.74, 6) is 0. The molecule has 4 atom stereocenters. The van der Waals surface area contributed by atoms with E-state index in [0.717, 1.165) is 4.57 Å². The largest absolute Gasteiger partial charge is 0.394 e. The Morgan fingerprint density at radius 1 is 1.50 bits per heavy atom. The first-order valence-electron chi connectivity index (χ1n) is 5.70. The molecular formula is C11H12I2N2O5. The molecular weight excluding hydrogens is 494 g/mol. The zero-order valence-electron chi connectivity index (χ0n) is 10.1. The van der Waals surface area contributed by atoms with Gasteiger partial charge < -0.3 is 14.9 Å². The Hall–Kier alpha value is -0.240. The third-order valence-electron chi connectivity index (χ3n) is 2.98. The van der Waals surface area contributed by atoms with Crippen LogP contribution in [0.15, 0.2) is 19.9 Å². The van der Waals surface area contributed by atoms with Crippen molar-refractivity contribution < 1.29 is 14.9 Å². The number of aromatic amines is 1. The number of rotatable bonds is 3. The highest BCUT2D eigenvalue weighted by molar-refractivity contribution is 14.1. The Bertz CT molecular complexity index is 626. The average Bonchev–Trinajstić information content (AvgIpc) is 2.70. The van der Waals surface area contributed by atoms with Gasteiger partial charge in [-0.1, -0.05) is 45.2 Å². The second kappa shape index (κ2) is 6.68. The molecule has 2 rings (SSSR count). The van der Waals surface area contributed by atoms with Gasteiger partial charge in [0.25, 0.3) is 5.56 Å². The van der Waals surface area contributed by atoms with E-state index in [9.17, 15) is 19.8 Å². The van der Waals surface area contributed by atoms with E-state index in [0.29, 0.717) is 0 Å². The molecule has 1 aliphatic rings. The van der Waals surface area contributed by atoms with Crippen LogP contribution in [0.3, 0.4) is 0 Å². The van der Waals surface area contributed by atoms with E-state index in [1.807, 2.05) is 45.2 Å². The maximum atomic E-state index is 11.9. The van der Waals surface area contributed by atoms with Crippen molar-refractivity contribution in [2.75, 3.05) is 6.61 Å². The molecule has 110 valence electrons. The predicted molar refractivity (Wildman–Crippen MR) is 89.2 cm³/mol. The highest BCUT2D eigenvalue weighted by atomic mass is 127. The van der Waals surface area contributed by atoms with E-state index in [4.69, 9.17) is 4.74 Å². The molecule has 7 nitrogen and oxygen atoms in total. The normalized spacial score (nSPS) is 30.2.